The molecule has 0 amide bonds. The lowest BCUT2D eigenvalue weighted by Crippen LogP contribution is -2.42. The number of aliphatic hydroxyl groups excluding tert-OH is 1. The topological polar surface area (TPSA) is 44.3 Å². The number of β-amino-alcohol motifs (C(OH)–C–C–N with tert-alkyl or cyclic N) is 1. The van der Waals surface area contributed by atoms with Crippen molar-refractivity contribution in [2.45, 2.75) is 45.3 Å². The van der Waals surface area contributed by atoms with Gasteiger partial charge in [0.25, 0.3) is 0 Å². The van der Waals surface area contributed by atoms with Crippen LogP contribution in [0.5, 0.6) is 0 Å². The van der Waals surface area contributed by atoms with Crippen LogP contribution < -0.4 is 10.6 Å². The first-order chi connectivity index (χ1) is 7.09. The predicted octanol–water partition coefficient (Wildman–Crippen LogP) is 0.735. The van der Waals surface area contributed by atoms with E-state index >= 15 is 0 Å². The van der Waals surface area contributed by atoms with Gasteiger partial charge in [0.15, 0.2) is 0 Å². The summed E-state index contributed by atoms with van der Waals surface area (Å²) >= 11 is 0. The lowest BCUT2D eigenvalue weighted by molar-refractivity contribution is 0.140. The Morgan fingerprint density at radius 2 is 2.20 bits per heavy atom. The summed E-state index contributed by atoms with van der Waals surface area (Å²) in [5.74, 6) is 0.404. The highest BCUT2D eigenvalue weighted by Crippen LogP contribution is 2.37. The van der Waals surface area contributed by atoms with Gasteiger partial charge >= 0.3 is 0 Å². The standard InChI is InChI=1S/C12H24N2O/c1-12(2)5-3-4-11(12)14-7-9-6-13-8-10(9)15/h9-11,13-15H,3-8H2,1-2H3. The minimum atomic E-state index is -0.151. The van der Waals surface area contributed by atoms with Crippen LogP contribution in [-0.2, 0) is 0 Å². The summed E-state index contributed by atoms with van der Waals surface area (Å²) < 4.78 is 0. The molecule has 2 fully saturated rings. The summed E-state index contributed by atoms with van der Waals surface area (Å²) in [5, 5.41) is 16.6. The summed E-state index contributed by atoms with van der Waals surface area (Å²) in [7, 11) is 0. The second kappa shape index (κ2) is 4.40. The summed E-state index contributed by atoms with van der Waals surface area (Å²) in [5.41, 5.74) is 0.441. The Hall–Kier alpha value is -0.120. The molecule has 0 aromatic carbocycles. The monoisotopic (exact) mass is 212 g/mol. The van der Waals surface area contributed by atoms with Crippen molar-refractivity contribution in [3.05, 3.63) is 0 Å². The molecule has 15 heavy (non-hydrogen) atoms. The Bertz CT molecular complexity index is 218. The van der Waals surface area contributed by atoms with Crippen LogP contribution in [0, 0.1) is 11.3 Å². The average molecular weight is 212 g/mol. The molecule has 88 valence electrons. The Morgan fingerprint density at radius 1 is 1.40 bits per heavy atom. The normalized spacial score (nSPS) is 39.8. The van der Waals surface area contributed by atoms with Crippen LogP contribution in [-0.4, -0.2) is 36.9 Å². The second-order valence-corrected chi connectivity index (χ2v) is 5.83. The highest BCUT2D eigenvalue weighted by Gasteiger charge is 2.35. The molecule has 1 saturated heterocycles. The predicted molar refractivity (Wildman–Crippen MR) is 61.8 cm³/mol. The van der Waals surface area contributed by atoms with Gasteiger partial charge in [0.05, 0.1) is 6.10 Å². The minimum absolute atomic E-state index is 0.151. The third-order valence-corrected chi connectivity index (χ3v) is 4.19. The zero-order valence-corrected chi connectivity index (χ0v) is 9.92. The van der Waals surface area contributed by atoms with Crippen molar-refractivity contribution in [3.8, 4) is 0 Å². The number of hydrogen-bond acceptors (Lipinski definition) is 3. The van der Waals surface area contributed by atoms with Crippen molar-refractivity contribution in [1.82, 2.24) is 10.6 Å². The lowest BCUT2D eigenvalue weighted by atomic mass is 9.87. The third-order valence-electron chi connectivity index (χ3n) is 4.19. The van der Waals surface area contributed by atoms with Gasteiger partial charge < -0.3 is 15.7 Å². The SMILES string of the molecule is CC1(C)CCCC1NCC1CNCC1O. The first kappa shape index (κ1) is 11.4. The highest BCUT2D eigenvalue weighted by molar-refractivity contribution is 4.92. The molecule has 1 saturated carbocycles. The zero-order valence-electron chi connectivity index (χ0n) is 9.92. The summed E-state index contributed by atoms with van der Waals surface area (Å²) in [6.45, 7) is 7.38. The van der Waals surface area contributed by atoms with Gasteiger partial charge in [-0.2, -0.15) is 0 Å². The fourth-order valence-electron chi connectivity index (χ4n) is 2.93. The van der Waals surface area contributed by atoms with Gasteiger partial charge in [-0.25, -0.2) is 0 Å². The molecular formula is C12H24N2O. The van der Waals surface area contributed by atoms with Gasteiger partial charge in [-0.15, -0.1) is 0 Å². The van der Waals surface area contributed by atoms with Crippen LogP contribution in [0.3, 0.4) is 0 Å². The summed E-state index contributed by atoms with van der Waals surface area (Å²) in [6.07, 6.45) is 3.82. The first-order valence-electron chi connectivity index (χ1n) is 6.22. The molecule has 0 spiro atoms. The molecule has 0 bridgehead atoms. The van der Waals surface area contributed by atoms with E-state index in [1.54, 1.807) is 0 Å². The van der Waals surface area contributed by atoms with E-state index in [2.05, 4.69) is 24.5 Å². The molecule has 3 atom stereocenters. The van der Waals surface area contributed by atoms with Gasteiger partial charge in [0.2, 0.25) is 0 Å². The van der Waals surface area contributed by atoms with Gasteiger partial charge in [-0.3, -0.25) is 0 Å². The molecule has 1 aliphatic heterocycles. The van der Waals surface area contributed by atoms with Gasteiger partial charge in [-0.05, 0) is 18.3 Å². The van der Waals surface area contributed by atoms with Gasteiger partial charge in [0, 0.05) is 31.6 Å². The number of nitrogens with one attached hydrogen (secondary N) is 2. The van der Waals surface area contributed by atoms with Crippen LogP contribution in [0.2, 0.25) is 0 Å². The summed E-state index contributed by atoms with van der Waals surface area (Å²) in [4.78, 5) is 0. The van der Waals surface area contributed by atoms with E-state index in [1.165, 1.54) is 19.3 Å². The van der Waals surface area contributed by atoms with E-state index in [0.29, 0.717) is 17.4 Å². The van der Waals surface area contributed by atoms with Crippen molar-refractivity contribution >= 4 is 0 Å². The molecule has 3 nitrogen and oxygen atoms in total. The maximum absolute atomic E-state index is 9.69. The second-order valence-electron chi connectivity index (χ2n) is 5.83. The van der Waals surface area contributed by atoms with Crippen molar-refractivity contribution in [2.75, 3.05) is 19.6 Å². The molecular weight excluding hydrogens is 188 g/mol. The minimum Gasteiger partial charge on any atom is -0.391 e. The van der Waals surface area contributed by atoms with Crippen molar-refractivity contribution < 1.29 is 5.11 Å². The van der Waals surface area contributed by atoms with Crippen LogP contribution >= 0.6 is 0 Å². The van der Waals surface area contributed by atoms with Crippen LogP contribution in [0.25, 0.3) is 0 Å². The molecule has 2 aliphatic rings. The number of aliphatic hydroxyl groups is 1. The molecule has 2 rings (SSSR count). The molecule has 0 aromatic heterocycles. The van der Waals surface area contributed by atoms with E-state index in [4.69, 9.17) is 0 Å². The molecule has 0 aromatic rings. The molecule has 3 unspecified atom stereocenters. The quantitative estimate of drug-likeness (QED) is 0.646. The fourth-order valence-corrected chi connectivity index (χ4v) is 2.93. The molecule has 3 heteroatoms. The third kappa shape index (κ3) is 2.52. The van der Waals surface area contributed by atoms with Crippen molar-refractivity contribution in [3.63, 3.8) is 0 Å². The molecule has 1 heterocycles. The maximum atomic E-state index is 9.69. The van der Waals surface area contributed by atoms with E-state index < -0.39 is 0 Å². The Kier molecular flexibility index (Phi) is 3.33. The molecule has 0 radical (unpaired) electrons. The fraction of sp³-hybridized carbons (Fsp3) is 1.00. The van der Waals surface area contributed by atoms with E-state index in [1.807, 2.05) is 0 Å². The van der Waals surface area contributed by atoms with E-state index in [0.717, 1.165) is 19.6 Å². The largest absolute Gasteiger partial charge is 0.391 e. The van der Waals surface area contributed by atoms with Crippen molar-refractivity contribution in [1.29, 1.82) is 0 Å². The van der Waals surface area contributed by atoms with Gasteiger partial charge in [-0.1, -0.05) is 20.3 Å². The van der Waals surface area contributed by atoms with Gasteiger partial charge in [0.1, 0.15) is 0 Å². The molecule has 3 N–H and O–H groups in total. The first-order valence-corrected chi connectivity index (χ1v) is 6.22. The number of rotatable bonds is 3. The van der Waals surface area contributed by atoms with E-state index in [-0.39, 0.29) is 6.10 Å². The van der Waals surface area contributed by atoms with Crippen LogP contribution in [0.15, 0.2) is 0 Å². The Balaban J connectivity index is 1.78. The number of hydrogen-bond donors (Lipinski definition) is 3. The lowest BCUT2D eigenvalue weighted by Gasteiger charge is -2.29. The molecule has 1 aliphatic carbocycles. The maximum Gasteiger partial charge on any atom is 0.0716 e. The van der Waals surface area contributed by atoms with Crippen LogP contribution in [0.4, 0.5) is 0 Å². The average Bonchev–Trinajstić information content (AvgIpc) is 2.69. The Labute approximate surface area is 92.6 Å². The van der Waals surface area contributed by atoms with Crippen LogP contribution in [0.1, 0.15) is 33.1 Å². The zero-order chi connectivity index (χ0) is 10.9. The Morgan fingerprint density at radius 3 is 2.73 bits per heavy atom. The highest BCUT2D eigenvalue weighted by atomic mass is 16.3. The summed E-state index contributed by atoms with van der Waals surface area (Å²) in [6, 6.07) is 0.644. The smallest absolute Gasteiger partial charge is 0.0716 e. The van der Waals surface area contributed by atoms with E-state index in [9.17, 15) is 5.11 Å². The van der Waals surface area contributed by atoms with Crippen molar-refractivity contribution in [2.24, 2.45) is 11.3 Å².